The van der Waals surface area contributed by atoms with Crippen LogP contribution in [0.5, 0.6) is 5.75 Å². The summed E-state index contributed by atoms with van der Waals surface area (Å²) in [6.07, 6.45) is -1.54. The summed E-state index contributed by atoms with van der Waals surface area (Å²) in [4.78, 5) is 16.4. The number of carbonyl (C=O) groups is 1. The molecule has 9 heteroatoms. The number of hydrogen-bond donors (Lipinski definition) is 2. The summed E-state index contributed by atoms with van der Waals surface area (Å²) in [5.41, 5.74) is 0.251. The van der Waals surface area contributed by atoms with Gasteiger partial charge >= 0.3 is 6.18 Å². The summed E-state index contributed by atoms with van der Waals surface area (Å²) < 4.78 is 50.8. The molecule has 0 bridgehead atoms. The average molecular weight is 445 g/mol. The Labute approximate surface area is 182 Å². The maximum atomic E-state index is 13.2. The van der Waals surface area contributed by atoms with Crippen molar-refractivity contribution in [1.29, 1.82) is 0 Å². The Kier molecular flexibility index (Phi) is 4.88. The second kappa shape index (κ2) is 7.51. The SMILES string of the molecule is Cc1oc2ccc(OCc3cccnc3C(F)(F)F)cc2c1C(=O)NC1CC2(CNC2)C1. The van der Waals surface area contributed by atoms with Gasteiger partial charge in [-0.15, -0.1) is 0 Å². The second-order valence-corrected chi connectivity index (χ2v) is 8.67. The molecule has 2 aromatic heterocycles. The molecule has 3 aromatic rings. The van der Waals surface area contributed by atoms with Crippen molar-refractivity contribution in [3.05, 3.63) is 59.1 Å². The molecule has 2 N–H and O–H groups in total. The molecule has 32 heavy (non-hydrogen) atoms. The van der Waals surface area contributed by atoms with Crippen LogP contribution < -0.4 is 15.4 Å². The van der Waals surface area contributed by atoms with Crippen molar-refractivity contribution in [1.82, 2.24) is 15.6 Å². The number of aromatic nitrogens is 1. The number of benzene rings is 1. The molecule has 1 aliphatic carbocycles. The summed E-state index contributed by atoms with van der Waals surface area (Å²) in [5, 5.41) is 6.92. The largest absolute Gasteiger partial charge is 0.489 e. The van der Waals surface area contributed by atoms with Gasteiger partial charge in [0, 0.05) is 36.3 Å². The van der Waals surface area contributed by atoms with E-state index in [1.165, 1.54) is 12.1 Å². The third-order valence-electron chi connectivity index (χ3n) is 6.31. The van der Waals surface area contributed by atoms with Crippen LogP contribution in [0.4, 0.5) is 13.2 Å². The number of ether oxygens (including phenoxy) is 1. The number of nitrogens with zero attached hydrogens (tertiary/aromatic N) is 1. The van der Waals surface area contributed by atoms with Crippen LogP contribution in [0, 0.1) is 12.3 Å². The summed E-state index contributed by atoms with van der Waals surface area (Å²) >= 11 is 0. The number of furan rings is 1. The zero-order valence-corrected chi connectivity index (χ0v) is 17.4. The number of nitrogens with one attached hydrogen (secondary N) is 2. The van der Waals surface area contributed by atoms with Crippen molar-refractivity contribution in [3.8, 4) is 5.75 Å². The first kappa shape index (κ1) is 20.8. The summed E-state index contributed by atoms with van der Waals surface area (Å²) in [6.45, 7) is 3.42. The lowest BCUT2D eigenvalue weighted by atomic mass is 9.61. The maximum absolute atomic E-state index is 13.2. The number of amides is 1. The van der Waals surface area contributed by atoms with Gasteiger partial charge < -0.3 is 19.8 Å². The molecule has 1 amide bonds. The lowest BCUT2D eigenvalue weighted by Gasteiger charge is -2.54. The first-order valence-electron chi connectivity index (χ1n) is 10.4. The Bertz CT molecular complexity index is 1180. The maximum Gasteiger partial charge on any atom is 0.433 e. The quantitative estimate of drug-likeness (QED) is 0.615. The molecule has 1 aromatic carbocycles. The van der Waals surface area contributed by atoms with Crippen molar-refractivity contribution >= 4 is 16.9 Å². The van der Waals surface area contributed by atoms with E-state index in [9.17, 15) is 18.0 Å². The number of hydrogen-bond acceptors (Lipinski definition) is 5. The second-order valence-electron chi connectivity index (χ2n) is 8.67. The third-order valence-corrected chi connectivity index (χ3v) is 6.31. The molecule has 168 valence electrons. The van der Waals surface area contributed by atoms with Crippen LogP contribution in [-0.4, -0.2) is 30.0 Å². The van der Waals surface area contributed by atoms with Gasteiger partial charge in [-0.05, 0) is 49.4 Å². The van der Waals surface area contributed by atoms with Gasteiger partial charge in [0.1, 0.15) is 23.7 Å². The third kappa shape index (κ3) is 3.70. The minimum Gasteiger partial charge on any atom is -0.489 e. The van der Waals surface area contributed by atoms with E-state index < -0.39 is 11.9 Å². The van der Waals surface area contributed by atoms with Gasteiger partial charge in [-0.1, -0.05) is 6.07 Å². The molecule has 1 spiro atoms. The summed E-state index contributed by atoms with van der Waals surface area (Å²) in [5.74, 6) is 0.616. The zero-order valence-electron chi connectivity index (χ0n) is 17.4. The highest BCUT2D eigenvalue weighted by Gasteiger charge is 2.49. The van der Waals surface area contributed by atoms with Crippen LogP contribution in [0.3, 0.4) is 0 Å². The van der Waals surface area contributed by atoms with Gasteiger partial charge in [0.25, 0.3) is 5.91 Å². The Morgan fingerprint density at radius 3 is 2.78 bits per heavy atom. The Hall–Kier alpha value is -3.07. The smallest absolute Gasteiger partial charge is 0.433 e. The van der Waals surface area contributed by atoms with Gasteiger partial charge in [0.15, 0.2) is 5.69 Å². The van der Waals surface area contributed by atoms with Crippen LogP contribution >= 0.6 is 0 Å². The van der Waals surface area contributed by atoms with Crippen LogP contribution in [0.1, 0.15) is 40.2 Å². The highest BCUT2D eigenvalue weighted by Crippen LogP contribution is 2.44. The number of rotatable bonds is 5. The lowest BCUT2D eigenvalue weighted by molar-refractivity contribution is -0.142. The fourth-order valence-corrected chi connectivity index (χ4v) is 4.65. The first-order chi connectivity index (χ1) is 15.2. The fourth-order valence-electron chi connectivity index (χ4n) is 4.65. The Morgan fingerprint density at radius 2 is 2.09 bits per heavy atom. The predicted molar refractivity (Wildman–Crippen MR) is 110 cm³/mol. The van der Waals surface area contributed by atoms with E-state index in [1.54, 1.807) is 25.1 Å². The summed E-state index contributed by atoms with van der Waals surface area (Å²) in [7, 11) is 0. The molecule has 0 unspecified atom stereocenters. The Balaban J connectivity index is 1.33. The van der Waals surface area contributed by atoms with Crippen molar-refractivity contribution < 1.29 is 27.1 Å². The molecular weight excluding hydrogens is 423 g/mol. The van der Waals surface area contributed by atoms with E-state index in [0.29, 0.717) is 33.5 Å². The molecule has 0 radical (unpaired) electrons. The van der Waals surface area contributed by atoms with Crippen molar-refractivity contribution in [2.45, 2.75) is 38.6 Å². The van der Waals surface area contributed by atoms with E-state index in [2.05, 4.69) is 15.6 Å². The number of aryl methyl sites for hydroxylation is 1. The molecular formula is C23H22F3N3O3. The minimum absolute atomic E-state index is 0.0640. The van der Waals surface area contributed by atoms with Crippen LogP contribution in [-0.2, 0) is 12.8 Å². The highest BCUT2D eigenvalue weighted by atomic mass is 19.4. The zero-order chi connectivity index (χ0) is 22.5. The van der Waals surface area contributed by atoms with Crippen LogP contribution in [0.2, 0.25) is 0 Å². The lowest BCUT2D eigenvalue weighted by Crippen LogP contribution is -2.65. The van der Waals surface area contributed by atoms with Crippen LogP contribution in [0.25, 0.3) is 11.0 Å². The molecule has 0 atom stereocenters. The summed E-state index contributed by atoms with van der Waals surface area (Å²) in [6, 6.07) is 7.79. The minimum atomic E-state index is -4.56. The number of fused-ring (bicyclic) bond motifs is 1. The standard InChI is InChI=1S/C23H22F3N3O3/c1-13-19(21(30)29-15-8-22(9-15)11-27-12-22)17-7-16(4-5-18(17)32-13)31-10-14-3-2-6-28-20(14)23(24,25)26/h2-7,15,27H,8-12H2,1H3,(H,29,30). The normalized spacial score (nSPS) is 17.8. The highest BCUT2D eigenvalue weighted by molar-refractivity contribution is 6.07. The van der Waals surface area contributed by atoms with E-state index in [-0.39, 0.29) is 24.1 Å². The topological polar surface area (TPSA) is 76.4 Å². The first-order valence-corrected chi connectivity index (χ1v) is 10.4. The molecule has 1 saturated carbocycles. The van der Waals surface area contributed by atoms with Gasteiger partial charge in [-0.25, -0.2) is 0 Å². The van der Waals surface area contributed by atoms with Gasteiger partial charge in [-0.3, -0.25) is 9.78 Å². The number of carbonyl (C=O) groups excluding carboxylic acids is 1. The average Bonchev–Trinajstić information content (AvgIpc) is 3.01. The molecule has 3 heterocycles. The van der Waals surface area contributed by atoms with E-state index in [1.807, 2.05) is 0 Å². The van der Waals surface area contributed by atoms with Crippen LogP contribution in [0.15, 0.2) is 40.9 Å². The number of pyridine rings is 1. The fraction of sp³-hybridized carbons (Fsp3) is 0.391. The molecule has 1 saturated heterocycles. The molecule has 2 aliphatic rings. The van der Waals surface area contributed by atoms with E-state index in [4.69, 9.17) is 9.15 Å². The number of alkyl halides is 3. The molecule has 1 aliphatic heterocycles. The van der Waals surface area contributed by atoms with Crippen molar-refractivity contribution in [2.24, 2.45) is 5.41 Å². The number of halogens is 3. The van der Waals surface area contributed by atoms with E-state index in [0.717, 1.165) is 32.1 Å². The van der Waals surface area contributed by atoms with Crippen molar-refractivity contribution in [2.75, 3.05) is 13.1 Å². The van der Waals surface area contributed by atoms with Gasteiger partial charge in [-0.2, -0.15) is 13.2 Å². The van der Waals surface area contributed by atoms with E-state index >= 15 is 0 Å². The Morgan fingerprint density at radius 1 is 1.31 bits per heavy atom. The molecule has 2 fully saturated rings. The molecule has 6 nitrogen and oxygen atoms in total. The van der Waals surface area contributed by atoms with Gasteiger partial charge in [0.05, 0.1) is 5.56 Å². The monoisotopic (exact) mass is 445 g/mol. The molecule has 5 rings (SSSR count). The van der Waals surface area contributed by atoms with Gasteiger partial charge in [0.2, 0.25) is 0 Å². The van der Waals surface area contributed by atoms with Crippen molar-refractivity contribution in [3.63, 3.8) is 0 Å². The predicted octanol–water partition coefficient (Wildman–Crippen LogP) is 4.22.